The highest BCUT2D eigenvalue weighted by molar-refractivity contribution is 5.65. The predicted molar refractivity (Wildman–Crippen MR) is 35.0 cm³/mol. The van der Waals surface area contributed by atoms with Gasteiger partial charge in [0.05, 0.1) is 12.6 Å². The van der Waals surface area contributed by atoms with Crippen molar-refractivity contribution in [3.8, 4) is 0 Å². The van der Waals surface area contributed by atoms with Gasteiger partial charge in [-0.05, 0) is 6.42 Å². The molecule has 0 spiro atoms. The van der Waals surface area contributed by atoms with Crippen molar-refractivity contribution in [2.75, 3.05) is 20.3 Å². The number of nitrogens with zero attached hydrogens (tertiary/aromatic N) is 1. The van der Waals surface area contributed by atoms with Gasteiger partial charge in [-0.1, -0.05) is 0 Å². The third-order valence-corrected chi connectivity index (χ3v) is 1.76. The van der Waals surface area contributed by atoms with Crippen molar-refractivity contribution in [3.63, 3.8) is 0 Å². The summed E-state index contributed by atoms with van der Waals surface area (Å²) in [5.41, 5.74) is 0. The molecule has 0 aromatic heterocycles. The van der Waals surface area contributed by atoms with E-state index >= 15 is 0 Å². The molecule has 0 radical (unpaired) electrons. The van der Waals surface area contributed by atoms with Gasteiger partial charge in [0, 0.05) is 13.7 Å². The van der Waals surface area contributed by atoms with Crippen LogP contribution in [0.1, 0.15) is 6.42 Å². The largest absolute Gasteiger partial charge is 0.465 e. The number of likely N-dealkylation sites (N-methyl/N-ethyl adjacent to an activating group) is 1. The standard InChI is InChI=1S/C6H11NO3/c1-7(6(8)9)5-2-3-10-4-5/h5H,2-4H2,1H3,(H,8,9)/t5-/m1/s1. The van der Waals surface area contributed by atoms with E-state index in [0.717, 1.165) is 6.42 Å². The molecule has 1 amide bonds. The zero-order chi connectivity index (χ0) is 7.56. The minimum absolute atomic E-state index is 0.0671. The van der Waals surface area contributed by atoms with Crippen LogP contribution in [0.4, 0.5) is 4.79 Å². The summed E-state index contributed by atoms with van der Waals surface area (Å²) in [5, 5.41) is 8.51. The highest BCUT2D eigenvalue weighted by Crippen LogP contribution is 2.09. The molecular formula is C6H11NO3. The van der Waals surface area contributed by atoms with Gasteiger partial charge in [-0.3, -0.25) is 0 Å². The van der Waals surface area contributed by atoms with Crippen molar-refractivity contribution in [3.05, 3.63) is 0 Å². The van der Waals surface area contributed by atoms with Gasteiger partial charge < -0.3 is 14.7 Å². The molecule has 1 rings (SSSR count). The Hall–Kier alpha value is -0.770. The third-order valence-electron chi connectivity index (χ3n) is 1.76. The van der Waals surface area contributed by atoms with E-state index in [1.165, 1.54) is 4.90 Å². The molecule has 0 unspecified atom stereocenters. The Morgan fingerprint density at radius 1 is 1.80 bits per heavy atom. The van der Waals surface area contributed by atoms with Crippen LogP contribution in [0, 0.1) is 0 Å². The zero-order valence-electron chi connectivity index (χ0n) is 5.91. The molecule has 1 atom stereocenters. The molecule has 0 bridgehead atoms. The van der Waals surface area contributed by atoms with E-state index in [4.69, 9.17) is 9.84 Å². The first kappa shape index (κ1) is 7.34. The van der Waals surface area contributed by atoms with Crippen molar-refractivity contribution in [2.24, 2.45) is 0 Å². The van der Waals surface area contributed by atoms with E-state index in [2.05, 4.69) is 0 Å². The minimum Gasteiger partial charge on any atom is -0.465 e. The second-order valence-electron chi connectivity index (χ2n) is 2.41. The minimum atomic E-state index is -0.879. The van der Waals surface area contributed by atoms with E-state index in [9.17, 15) is 4.79 Å². The monoisotopic (exact) mass is 145 g/mol. The lowest BCUT2D eigenvalue weighted by Gasteiger charge is -2.18. The molecule has 4 heteroatoms. The molecule has 1 aliphatic heterocycles. The molecule has 58 valence electrons. The Bertz CT molecular complexity index is 131. The first-order chi connectivity index (χ1) is 4.72. The van der Waals surface area contributed by atoms with E-state index in [1.807, 2.05) is 0 Å². The van der Waals surface area contributed by atoms with E-state index < -0.39 is 6.09 Å². The van der Waals surface area contributed by atoms with Crippen LogP contribution in [-0.4, -0.2) is 42.4 Å². The van der Waals surface area contributed by atoms with Crippen LogP contribution in [0.2, 0.25) is 0 Å². The fourth-order valence-corrected chi connectivity index (χ4v) is 0.984. The van der Waals surface area contributed by atoms with Crippen LogP contribution in [-0.2, 0) is 4.74 Å². The van der Waals surface area contributed by atoms with Crippen molar-refractivity contribution in [2.45, 2.75) is 12.5 Å². The van der Waals surface area contributed by atoms with Gasteiger partial charge in [0.25, 0.3) is 0 Å². The normalized spacial score (nSPS) is 24.7. The van der Waals surface area contributed by atoms with Gasteiger partial charge in [0.1, 0.15) is 0 Å². The van der Waals surface area contributed by atoms with Crippen molar-refractivity contribution in [1.82, 2.24) is 4.90 Å². The first-order valence-electron chi connectivity index (χ1n) is 3.25. The van der Waals surface area contributed by atoms with Crippen LogP contribution < -0.4 is 0 Å². The van der Waals surface area contributed by atoms with Crippen molar-refractivity contribution >= 4 is 6.09 Å². The average molecular weight is 145 g/mol. The van der Waals surface area contributed by atoms with Crippen molar-refractivity contribution in [1.29, 1.82) is 0 Å². The third kappa shape index (κ3) is 1.39. The van der Waals surface area contributed by atoms with Crippen LogP contribution in [0.3, 0.4) is 0 Å². The van der Waals surface area contributed by atoms with E-state index in [-0.39, 0.29) is 6.04 Å². The lowest BCUT2D eigenvalue weighted by molar-refractivity contribution is 0.125. The number of hydrogen-bond donors (Lipinski definition) is 1. The Morgan fingerprint density at radius 3 is 2.90 bits per heavy atom. The van der Waals surface area contributed by atoms with Gasteiger partial charge in [-0.15, -0.1) is 0 Å². The fourth-order valence-electron chi connectivity index (χ4n) is 0.984. The van der Waals surface area contributed by atoms with Crippen LogP contribution in [0.25, 0.3) is 0 Å². The molecular weight excluding hydrogens is 134 g/mol. The SMILES string of the molecule is CN(C(=O)O)[C@@H]1CCOC1. The van der Waals surface area contributed by atoms with Gasteiger partial charge in [0.2, 0.25) is 0 Å². The van der Waals surface area contributed by atoms with E-state index in [1.54, 1.807) is 7.05 Å². The number of rotatable bonds is 1. The second kappa shape index (κ2) is 2.88. The van der Waals surface area contributed by atoms with Crippen molar-refractivity contribution < 1.29 is 14.6 Å². The number of hydrogen-bond acceptors (Lipinski definition) is 2. The summed E-state index contributed by atoms with van der Waals surface area (Å²) < 4.78 is 5.02. The van der Waals surface area contributed by atoms with Gasteiger partial charge in [-0.2, -0.15) is 0 Å². The molecule has 1 heterocycles. The molecule has 1 saturated heterocycles. The number of carboxylic acid groups (broad SMARTS) is 1. The molecule has 1 N–H and O–H groups in total. The maximum absolute atomic E-state index is 10.4. The molecule has 0 saturated carbocycles. The molecule has 0 aromatic carbocycles. The highest BCUT2D eigenvalue weighted by Gasteiger charge is 2.23. The molecule has 0 aliphatic carbocycles. The lowest BCUT2D eigenvalue weighted by Crippen LogP contribution is -2.36. The quantitative estimate of drug-likeness (QED) is 0.580. The highest BCUT2D eigenvalue weighted by atomic mass is 16.5. The molecule has 1 fully saturated rings. The molecule has 4 nitrogen and oxygen atoms in total. The maximum Gasteiger partial charge on any atom is 0.407 e. The summed E-state index contributed by atoms with van der Waals surface area (Å²) in [5.74, 6) is 0. The predicted octanol–water partition coefficient (Wildman–Crippen LogP) is 0.385. The first-order valence-corrected chi connectivity index (χ1v) is 3.25. The summed E-state index contributed by atoms with van der Waals surface area (Å²) in [7, 11) is 1.57. The van der Waals surface area contributed by atoms with Crippen LogP contribution in [0.5, 0.6) is 0 Å². The summed E-state index contributed by atoms with van der Waals surface area (Å²) in [6, 6.07) is 0.0671. The zero-order valence-corrected chi connectivity index (χ0v) is 5.91. The average Bonchev–Trinajstić information content (AvgIpc) is 2.36. The topological polar surface area (TPSA) is 49.8 Å². The second-order valence-corrected chi connectivity index (χ2v) is 2.41. The number of amides is 1. The Balaban J connectivity index is 2.39. The Labute approximate surface area is 59.4 Å². The summed E-state index contributed by atoms with van der Waals surface area (Å²) in [6.45, 7) is 1.23. The van der Waals surface area contributed by atoms with E-state index in [0.29, 0.717) is 13.2 Å². The molecule has 10 heavy (non-hydrogen) atoms. The Kier molecular flexibility index (Phi) is 2.11. The van der Waals surface area contributed by atoms with Gasteiger partial charge >= 0.3 is 6.09 Å². The fraction of sp³-hybridized carbons (Fsp3) is 0.833. The lowest BCUT2D eigenvalue weighted by atomic mass is 10.2. The number of ether oxygens (including phenoxy) is 1. The smallest absolute Gasteiger partial charge is 0.407 e. The summed E-state index contributed by atoms with van der Waals surface area (Å²) in [4.78, 5) is 11.7. The summed E-state index contributed by atoms with van der Waals surface area (Å²) in [6.07, 6.45) is -0.0569. The van der Waals surface area contributed by atoms with Gasteiger partial charge in [0.15, 0.2) is 0 Å². The van der Waals surface area contributed by atoms with Gasteiger partial charge in [-0.25, -0.2) is 4.79 Å². The molecule has 1 aliphatic rings. The van der Waals surface area contributed by atoms with Crippen LogP contribution >= 0.6 is 0 Å². The molecule has 0 aromatic rings. The summed E-state index contributed by atoms with van der Waals surface area (Å²) >= 11 is 0. The Morgan fingerprint density at radius 2 is 2.50 bits per heavy atom. The number of carbonyl (C=O) groups is 1. The maximum atomic E-state index is 10.4. The van der Waals surface area contributed by atoms with Crippen LogP contribution in [0.15, 0.2) is 0 Å².